The van der Waals surface area contributed by atoms with E-state index in [2.05, 4.69) is 31.2 Å². The minimum atomic E-state index is 0. The topological polar surface area (TPSA) is 36.9 Å². The van der Waals surface area contributed by atoms with E-state index in [4.69, 9.17) is 18.9 Å². The first-order chi connectivity index (χ1) is 13.7. The zero-order chi connectivity index (χ0) is 19.3. The molecular weight excluding hydrogens is 481 g/mol. The molecule has 156 valence electrons. The molecule has 0 spiro atoms. The monoisotopic (exact) mass is 509 g/mol. The van der Waals surface area contributed by atoms with Gasteiger partial charge in [0.25, 0.3) is 0 Å². The van der Waals surface area contributed by atoms with Crippen LogP contribution in [0.25, 0.3) is 0 Å². The third kappa shape index (κ3) is 3.24. The first-order valence-electron chi connectivity index (χ1n) is 10.2. The van der Waals surface area contributed by atoms with Gasteiger partial charge in [-0.15, -0.1) is 0 Å². The summed E-state index contributed by atoms with van der Waals surface area (Å²) in [6.45, 7) is 6.02. The number of ether oxygens (including phenoxy) is 4. The molecule has 3 heterocycles. The predicted molar refractivity (Wildman–Crippen MR) is 106 cm³/mol. The van der Waals surface area contributed by atoms with Gasteiger partial charge in [-0.2, -0.15) is 0 Å². The molecule has 29 heavy (non-hydrogen) atoms. The molecule has 5 rings (SSSR count). The predicted octanol–water partition coefficient (Wildman–Crippen LogP) is 1.02. The van der Waals surface area contributed by atoms with Crippen molar-refractivity contribution in [2.24, 2.45) is 0 Å². The molecule has 0 radical (unpaired) electrons. The maximum absolute atomic E-state index is 5.71. The number of halogens is 1. The summed E-state index contributed by atoms with van der Waals surface area (Å²) < 4.78 is 23.6. The Balaban J connectivity index is 0.00000205. The van der Waals surface area contributed by atoms with E-state index in [0.717, 1.165) is 46.9 Å². The molecule has 0 saturated carbocycles. The molecule has 6 heteroatoms. The summed E-state index contributed by atoms with van der Waals surface area (Å²) in [7, 11) is 3.42. The Morgan fingerprint density at radius 2 is 1.66 bits per heavy atom. The second kappa shape index (κ2) is 7.87. The Kier molecular flexibility index (Phi) is 5.59. The van der Waals surface area contributed by atoms with Crippen LogP contribution in [-0.4, -0.2) is 38.6 Å². The van der Waals surface area contributed by atoms with Crippen molar-refractivity contribution in [1.29, 1.82) is 0 Å². The highest BCUT2D eigenvalue weighted by molar-refractivity contribution is 5.52. The normalized spacial score (nSPS) is 23.3. The minimum Gasteiger partial charge on any atom is -1.00 e. The summed E-state index contributed by atoms with van der Waals surface area (Å²) >= 11 is 0. The van der Waals surface area contributed by atoms with Gasteiger partial charge in [-0.3, -0.25) is 0 Å². The van der Waals surface area contributed by atoms with Crippen molar-refractivity contribution in [3.8, 4) is 23.0 Å². The molecule has 2 unspecified atom stereocenters. The Morgan fingerprint density at radius 3 is 2.34 bits per heavy atom. The van der Waals surface area contributed by atoms with Crippen molar-refractivity contribution in [3.05, 3.63) is 46.5 Å². The van der Waals surface area contributed by atoms with Crippen molar-refractivity contribution < 1.29 is 47.4 Å². The van der Waals surface area contributed by atoms with Gasteiger partial charge in [0.05, 0.1) is 27.3 Å². The third-order valence-electron chi connectivity index (χ3n) is 6.75. The molecule has 2 atom stereocenters. The lowest BCUT2D eigenvalue weighted by atomic mass is 9.81. The van der Waals surface area contributed by atoms with Crippen LogP contribution in [0.1, 0.15) is 41.6 Å². The summed E-state index contributed by atoms with van der Waals surface area (Å²) in [5.74, 6) is 3.44. The van der Waals surface area contributed by atoms with Gasteiger partial charge in [0.2, 0.25) is 6.79 Å². The molecule has 0 aliphatic carbocycles. The van der Waals surface area contributed by atoms with Crippen LogP contribution in [0.5, 0.6) is 23.0 Å². The SMILES string of the molecule is CCC[N+]12CCc3cc4c(cc3C1Cc1cc(OC)c(OC)cc1C2)OCO4.[I-]. The standard InChI is InChI=1S/C23H28NO4.HI/c1-4-6-24-7-5-15-9-22-23(28-14-27-22)12-18(15)19(24)8-16-10-20(25-2)21(26-3)11-17(16)13-24;/h9-12,19H,4-8,13-14H2,1-3H3;1H/q+1;/p-1. The van der Waals surface area contributed by atoms with Crippen LogP contribution >= 0.6 is 0 Å². The van der Waals surface area contributed by atoms with E-state index >= 15 is 0 Å². The van der Waals surface area contributed by atoms with Gasteiger partial charge in [0.15, 0.2) is 23.0 Å². The summed E-state index contributed by atoms with van der Waals surface area (Å²) in [6.07, 6.45) is 3.28. The van der Waals surface area contributed by atoms with E-state index < -0.39 is 0 Å². The lowest BCUT2D eigenvalue weighted by Gasteiger charge is -2.51. The number of methoxy groups -OCH3 is 2. The molecule has 0 aromatic heterocycles. The molecule has 2 aromatic rings. The molecule has 0 N–H and O–H groups in total. The average molecular weight is 509 g/mol. The molecule has 0 amide bonds. The van der Waals surface area contributed by atoms with Crippen molar-refractivity contribution >= 4 is 0 Å². The van der Waals surface area contributed by atoms with Crippen LogP contribution in [-0.2, 0) is 19.4 Å². The van der Waals surface area contributed by atoms with Gasteiger partial charge in [0.1, 0.15) is 12.6 Å². The largest absolute Gasteiger partial charge is 1.00 e. The molecule has 0 saturated heterocycles. The van der Waals surface area contributed by atoms with E-state index in [1.807, 2.05) is 0 Å². The Bertz CT molecular complexity index is 932. The highest BCUT2D eigenvalue weighted by atomic mass is 127. The van der Waals surface area contributed by atoms with Crippen LogP contribution < -0.4 is 42.9 Å². The van der Waals surface area contributed by atoms with E-state index in [9.17, 15) is 0 Å². The maximum Gasteiger partial charge on any atom is 0.231 e. The van der Waals surface area contributed by atoms with Crippen LogP contribution in [0.2, 0.25) is 0 Å². The zero-order valence-corrected chi connectivity index (χ0v) is 19.5. The van der Waals surface area contributed by atoms with Gasteiger partial charge in [-0.05, 0) is 41.8 Å². The highest BCUT2D eigenvalue weighted by Gasteiger charge is 2.46. The second-order valence-corrected chi connectivity index (χ2v) is 8.17. The number of nitrogens with zero attached hydrogens (tertiary/aromatic N) is 1. The number of benzene rings is 2. The third-order valence-corrected chi connectivity index (χ3v) is 6.75. The summed E-state index contributed by atoms with van der Waals surface area (Å²) in [6, 6.07) is 9.27. The summed E-state index contributed by atoms with van der Waals surface area (Å²) in [5.41, 5.74) is 5.62. The highest BCUT2D eigenvalue weighted by Crippen LogP contribution is 2.49. The van der Waals surface area contributed by atoms with E-state index in [-0.39, 0.29) is 24.0 Å². The van der Waals surface area contributed by atoms with Crippen molar-refractivity contribution in [1.82, 2.24) is 0 Å². The molecule has 5 nitrogen and oxygen atoms in total. The fourth-order valence-electron chi connectivity index (χ4n) is 5.45. The Hall–Kier alpha value is -1.67. The van der Waals surface area contributed by atoms with Crippen LogP contribution in [0, 0.1) is 0 Å². The van der Waals surface area contributed by atoms with Gasteiger partial charge < -0.3 is 47.4 Å². The van der Waals surface area contributed by atoms with Crippen LogP contribution in [0.4, 0.5) is 0 Å². The number of hydrogen-bond donors (Lipinski definition) is 0. The van der Waals surface area contributed by atoms with Gasteiger partial charge in [-0.25, -0.2) is 0 Å². The van der Waals surface area contributed by atoms with E-state index in [0.29, 0.717) is 12.8 Å². The van der Waals surface area contributed by atoms with Gasteiger partial charge in [0, 0.05) is 24.0 Å². The molecule has 0 bridgehead atoms. The van der Waals surface area contributed by atoms with Gasteiger partial charge in [-0.1, -0.05) is 6.92 Å². The van der Waals surface area contributed by atoms with Crippen molar-refractivity contribution in [2.45, 2.75) is 38.8 Å². The van der Waals surface area contributed by atoms with Crippen LogP contribution in [0.3, 0.4) is 0 Å². The fraction of sp³-hybridized carbons (Fsp3) is 0.478. The number of fused-ring (bicyclic) bond motifs is 5. The van der Waals surface area contributed by atoms with Crippen LogP contribution in [0.15, 0.2) is 24.3 Å². The Morgan fingerprint density at radius 1 is 0.966 bits per heavy atom. The molecular formula is C23H28INO4. The van der Waals surface area contributed by atoms with E-state index in [1.165, 1.54) is 41.8 Å². The first kappa shape index (κ1) is 20.6. The minimum absolute atomic E-state index is 0. The quantitative estimate of drug-likeness (QED) is 0.456. The molecule has 3 aliphatic rings. The number of rotatable bonds is 4. The number of hydrogen-bond acceptors (Lipinski definition) is 4. The summed E-state index contributed by atoms with van der Waals surface area (Å²) in [5, 5.41) is 0. The van der Waals surface area contributed by atoms with E-state index in [1.54, 1.807) is 14.2 Å². The second-order valence-electron chi connectivity index (χ2n) is 8.17. The van der Waals surface area contributed by atoms with Gasteiger partial charge >= 0.3 is 0 Å². The smallest absolute Gasteiger partial charge is 0.231 e. The number of quaternary nitrogens is 1. The molecule has 2 aromatic carbocycles. The summed E-state index contributed by atoms with van der Waals surface area (Å²) in [4.78, 5) is 0. The van der Waals surface area contributed by atoms with Crippen molar-refractivity contribution in [3.63, 3.8) is 0 Å². The lowest BCUT2D eigenvalue weighted by Crippen LogP contribution is -3.00. The maximum atomic E-state index is 5.71. The zero-order valence-electron chi connectivity index (χ0n) is 17.3. The molecule has 3 aliphatic heterocycles. The fourth-order valence-corrected chi connectivity index (χ4v) is 5.45. The Labute approximate surface area is 189 Å². The molecule has 0 fully saturated rings. The first-order valence-corrected chi connectivity index (χ1v) is 10.2. The lowest BCUT2D eigenvalue weighted by molar-refractivity contribution is -0.973. The average Bonchev–Trinajstić information content (AvgIpc) is 3.17. The van der Waals surface area contributed by atoms with Crippen molar-refractivity contribution in [2.75, 3.05) is 34.1 Å².